The molecule has 2 aromatic carbocycles. The number of fused-ring (bicyclic) bond motifs is 1. The summed E-state index contributed by atoms with van der Waals surface area (Å²) in [5, 5.41) is 21.1. The smallest absolute Gasteiger partial charge is 0.469 e. The minimum absolute atomic E-state index is 0.0592. The molecule has 0 spiro atoms. The average Bonchev–Trinajstić information content (AvgIpc) is 3.39. The lowest BCUT2D eigenvalue weighted by Crippen LogP contribution is -2.46. The number of methoxy groups -OCH3 is 1. The Bertz CT molecular complexity index is 1600. The molecule has 0 saturated carbocycles. The molecule has 3 heterocycles. The van der Waals surface area contributed by atoms with Crippen LogP contribution in [0.1, 0.15) is 11.8 Å². The molecule has 5 rings (SSSR count). The maximum absolute atomic E-state index is 13.0. The molecule has 4 aromatic rings. The fourth-order valence-electron chi connectivity index (χ4n) is 4.62. The van der Waals surface area contributed by atoms with Crippen molar-refractivity contribution in [2.75, 3.05) is 19.5 Å². The van der Waals surface area contributed by atoms with Gasteiger partial charge in [0.25, 0.3) is 11.5 Å². The van der Waals surface area contributed by atoms with E-state index in [4.69, 9.17) is 25.0 Å². The highest BCUT2D eigenvalue weighted by atomic mass is 31.2. The molecule has 0 aliphatic carbocycles. The van der Waals surface area contributed by atoms with E-state index in [0.29, 0.717) is 5.75 Å². The van der Waals surface area contributed by atoms with Crippen LogP contribution in [0.2, 0.25) is 0 Å². The molecule has 1 fully saturated rings. The van der Waals surface area contributed by atoms with E-state index < -0.39 is 44.5 Å². The van der Waals surface area contributed by atoms with Crippen LogP contribution in [-0.4, -0.2) is 66.6 Å². The van der Waals surface area contributed by atoms with Gasteiger partial charge in [-0.15, -0.1) is 0 Å². The number of ether oxygens (including phenoxy) is 2. The standard InChI is InChI=1S/C24H26N5O9P/c1-36-16-9-14(13-5-3-2-4-6-13)7-8-15(16)10-28-12-29(21-18(28)22(32)27-24(25)26-21)23-20(31)19(30)17(38-23)11-37-39(33,34)35/h2-9,12,17,19-20,23,30-31H,10-11H2,1H3,(H4-,25,26,27,32,33,34,35)/p+1/t17-,19-,20-,23-/m0/s1. The predicted molar refractivity (Wildman–Crippen MR) is 136 cm³/mol. The molecular weight excluding hydrogens is 533 g/mol. The zero-order valence-corrected chi connectivity index (χ0v) is 21.5. The van der Waals surface area contributed by atoms with E-state index in [1.807, 2.05) is 48.5 Å². The summed E-state index contributed by atoms with van der Waals surface area (Å²) >= 11 is 0. The summed E-state index contributed by atoms with van der Waals surface area (Å²) in [4.78, 5) is 37.6. The molecule has 206 valence electrons. The number of nitrogens with one attached hydrogen (secondary N) is 1. The highest BCUT2D eigenvalue weighted by Gasteiger charge is 2.47. The van der Waals surface area contributed by atoms with Crippen LogP contribution in [0.25, 0.3) is 22.3 Å². The van der Waals surface area contributed by atoms with Crippen molar-refractivity contribution in [2.24, 2.45) is 0 Å². The fourth-order valence-corrected chi connectivity index (χ4v) is 4.96. The van der Waals surface area contributed by atoms with Crippen LogP contribution in [0.3, 0.4) is 0 Å². The summed E-state index contributed by atoms with van der Waals surface area (Å²) in [6.45, 7) is -0.522. The highest BCUT2D eigenvalue weighted by Crippen LogP contribution is 2.38. The summed E-state index contributed by atoms with van der Waals surface area (Å²) in [7, 11) is -3.30. The van der Waals surface area contributed by atoms with Gasteiger partial charge in [-0.2, -0.15) is 0 Å². The molecule has 1 aliphatic rings. The van der Waals surface area contributed by atoms with E-state index in [1.54, 1.807) is 11.7 Å². The van der Waals surface area contributed by atoms with Crippen LogP contribution in [0.15, 0.2) is 59.7 Å². The van der Waals surface area contributed by atoms with Crippen LogP contribution >= 0.6 is 7.82 Å². The van der Waals surface area contributed by atoms with Crippen molar-refractivity contribution < 1.29 is 43.1 Å². The monoisotopic (exact) mass is 560 g/mol. The number of aliphatic hydroxyl groups excluding tert-OH is 2. The Labute approximate surface area is 221 Å². The van der Waals surface area contributed by atoms with E-state index in [1.165, 1.54) is 10.9 Å². The van der Waals surface area contributed by atoms with Crippen LogP contribution in [0, 0.1) is 0 Å². The average molecular weight is 560 g/mol. The molecule has 0 bridgehead atoms. The van der Waals surface area contributed by atoms with Gasteiger partial charge in [-0.25, -0.2) is 9.13 Å². The molecule has 15 heteroatoms. The number of anilines is 1. The third-order valence-electron chi connectivity index (χ3n) is 6.44. The van der Waals surface area contributed by atoms with Gasteiger partial charge in [0.1, 0.15) is 24.1 Å². The Morgan fingerprint density at radius 1 is 1.15 bits per heavy atom. The minimum Gasteiger partial charge on any atom is -0.496 e. The second kappa shape index (κ2) is 10.5. The van der Waals surface area contributed by atoms with Gasteiger partial charge in [-0.05, 0) is 17.2 Å². The molecule has 1 aliphatic heterocycles. The first-order valence-electron chi connectivity index (χ1n) is 11.8. The first-order valence-corrected chi connectivity index (χ1v) is 13.3. The number of nitrogen functional groups attached to an aromatic ring is 1. The number of hydrogen-bond acceptors (Lipinski definition) is 9. The van der Waals surface area contributed by atoms with Crippen LogP contribution in [-0.2, 0) is 20.4 Å². The molecular formula is C24H27N5O9P+. The molecule has 0 radical (unpaired) electrons. The number of nitrogens with two attached hydrogens (primary N) is 1. The maximum Gasteiger partial charge on any atom is 0.469 e. The summed E-state index contributed by atoms with van der Waals surface area (Å²) in [6, 6.07) is 15.4. The summed E-state index contributed by atoms with van der Waals surface area (Å²) in [5.41, 5.74) is 8.09. The van der Waals surface area contributed by atoms with Gasteiger partial charge >= 0.3 is 13.5 Å². The number of imidazole rings is 1. The lowest BCUT2D eigenvalue weighted by molar-refractivity contribution is -0.745. The van der Waals surface area contributed by atoms with Crippen LogP contribution in [0.4, 0.5) is 5.95 Å². The molecule has 0 unspecified atom stereocenters. The lowest BCUT2D eigenvalue weighted by Gasteiger charge is -2.14. The molecule has 0 amide bonds. The second-order valence-electron chi connectivity index (χ2n) is 9.00. The van der Waals surface area contributed by atoms with E-state index in [2.05, 4.69) is 14.5 Å². The number of phosphoric ester groups is 1. The largest absolute Gasteiger partial charge is 0.496 e. The Morgan fingerprint density at radius 2 is 1.90 bits per heavy atom. The fraction of sp³-hybridized carbons (Fsp3) is 0.292. The van der Waals surface area contributed by atoms with Crippen molar-refractivity contribution in [1.82, 2.24) is 14.5 Å². The van der Waals surface area contributed by atoms with Crippen molar-refractivity contribution >= 4 is 24.9 Å². The third-order valence-corrected chi connectivity index (χ3v) is 6.93. The van der Waals surface area contributed by atoms with E-state index in [-0.39, 0.29) is 23.7 Å². The number of hydrogen-bond donors (Lipinski definition) is 6. The van der Waals surface area contributed by atoms with E-state index in [9.17, 15) is 19.6 Å². The third kappa shape index (κ3) is 5.44. The van der Waals surface area contributed by atoms with Gasteiger partial charge in [0, 0.05) is 5.56 Å². The summed E-state index contributed by atoms with van der Waals surface area (Å²) in [5.74, 6) is 0.394. The minimum atomic E-state index is -4.84. The number of aliphatic hydroxyl groups is 2. The van der Waals surface area contributed by atoms with Crippen molar-refractivity contribution in [1.29, 1.82) is 0 Å². The summed E-state index contributed by atoms with van der Waals surface area (Å²) in [6.07, 6.45) is -4.15. The Balaban J connectivity index is 1.53. The zero-order chi connectivity index (χ0) is 27.9. The zero-order valence-electron chi connectivity index (χ0n) is 20.6. The summed E-state index contributed by atoms with van der Waals surface area (Å²) < 4.78 is 29.8. The van der Waals surface area contributed by atoms with E-state index in [0.717, 1.165) is 16.7 Å². The van der Waals surface area contributed by atoms with Gasteiger partial charge in [0.2, 0.25) is 11.7 Å². The second-order valence-corrected chi connectivity index (χ2v) is 10.2. The SMILES string of the molecule is COc1cc(-c2ccccc2)ccc1Cn1c[n+]([C@H]2O[C@@H](COP(=O)(O)O)[C@H](O)[C@@H]2O)c2nc(N)[nH]c(=O)c21. The normalized spacial score (nSPS) is 21.5. The molecule has 39 heavy (non-hydrogen) atoms. The van der Waals surface area contributed by atoms with E-state index >= 15 is 0 Å². The Morgan fingerprint density at radius 3 is 2.59 bits per heavy atom. The number of aromatic amines is 1. The quantitative estimate of drug-likeness (QED) is 0.125. The number of aromatic nitrogens is 4. The number of nitrogens with zero attached hydrogens (tertiary/aromatic N) is 3. The van der Waals surface area contributed by atoms with Gasteiger partial charge in [0.05, 0.1) is 20.3 Å². The van der Waals surface area contributed by atoms with Crippen molar-refractivity contribution in [3.63, 3.8) is 0 Å². The molecule has 14 nitrogen and oxygen atoms in total. The Hall–Kier alpha value is -3.62. The van der Waals surface area contributed by atoms with Gasteiger partial charge in [-0.1, -0.05) is 47.4 Å². The van der Waals surface area contributed by atoms with Gasteiger partial charge in [0.15, 0.2) is 6.33 Å². The van der Waals surface area contributed by atoms with Crippen molar-refractivity contribution in [2.45, 2.75) is 31.1 Å². The lowest BCUT2D eigenvalue weighted by atomic mass is 10.0. The molecule has 7 N–H and O–H groups in total. The number of rotatable bonds is 8. The van der Waals surface area contributed by atoms with Gasteiger partial charge < -0.3 is 35.2 Å². The first-order chi connectivity index (χ1) is 18.6. The molecule has 4 atom stereocenters. The molecule has 2 aromatic heterocycles. The van der Waals surface area contributed by atoms with Crippen LogP contribution < -0.4 is 20.6 Å². The van der Waals surface area contributed by atoms with Crippen molar-refractivity contribution in [3.05, 3.63) is 70.8 Å². The van der Waals surface area contributed by atoms with Gasteiger partial charge in [-0.3, -0.25) is 18.9 Å². The number of H-pyrrole nitrogens is 1. The topological polar surface area (TPSA) is 206 Å². The van der Waals surface area contributed by atoms with Crippen molar-refractivity contribution in [3.8, 4) is 16.9 Å². The number of benzene rings is 2. The highest BCUT2D eigenvalue weighted by molar-refractivity contribution is 7.46. The first kappa shape index (κ1) is 27.0. The number of phosphoric acid groups is 1. The predicted octanol–water partition coefficient (Wildman–Crippen LogP) is 0.0467. The molecule has 1 saturated heterocycles. The maximum atomic E-state index is 13.0. The van der Waals surface area contributed by atoms with Crippen LogP contribution in [0.5, 0.6) is 5.75 Å². The Kier molecular flexibility index (Phi) is 7.27.